The van der Waals surface area contributed by atoms with Crippen molar-refractivity contribution >= 4 is 24.4 Å². The van der Waals surface area contributed by atoms with Crippen molar-refractivity contribution in [3.63, 3.8) is 0 Å². The molecule has 42 heavy (non-hydrogen) atoms. The Balaban J connectivity index is 2.11. The van der Waals surface area contributed by atoms with Crippen LogP contribution >= 0.6 is 0 Å². The molecule has 0 fully saturated rings. The molecule has 12 heteroatoms. The zero-order valence-electron chi connectivity index (χ0n) is 24.7. The second-order valence-electron chi connectivity index (χ2n) is 10.2. The molecule has 1 N–H and O–H groups in total. The van der Waals surface area contributed by atoms with Gasteiger partial charge in [-0.2, -0.15) is 0 Å². The van der Waals surface area contributed by atoms with Crippen molar-refractivity contribution in [2.45, 2.75) is 53.2 Å². The molecule has 1 unspecified atom stereocenters. The molecule has 0 saturated carbocycles. The van der Waals surface area contributed by atoms with Crippen LogP contribution in [0.25, 0.3) is 0 Å². The molecule has 230 valence electrons. The van der Waals surface area contributed by atoms with Gasteiger partial charge in [0.1, 0.15) is 17.9 Å². The Morgan fingerprint density at radius 2 is 1.33 bits per heavy atom. The first-order chi connectivity index (χ1) is 20.0. The molecule has 0 heterocycles. The summed E-state index contributed by atoms with van der Waals surface area (Å²) in [4.78, 5) is 49.1. The van der Waals surface area contributed by atoms with Crippen LogP contribution in [-0.4, -0.2) is 63.4 Å². The molecule has 2 aromatic rings. The maximum atomic E-state index is 12.5. The molecular weight excluding hydrogens is 550 g/mol. The van der Waals surface area contributed by atoms with Gasteiger partial charge in [-0.05, 0) is 55.0 Å². The Bertz CT molecular complexity index is 1170. The molecule has 2 aromatic carbocycles. The van der Waals surface area contributed by atoms with Crippen molar-refractivity contribution < 1.29 is 52.3 Å². The highest BCUT2D eigenvalue weighted by atomic mass is 16.7. The summed E-state index contributed by atoms with van der Waals surface area (Å²) in [5.41, 5.74) is 0.532. The minimum Gasteiger partial charge on any atom is -0.468 e. The predicted molar refractivity (Wildman–Crippen MR) is 151 cm³/mol. The summed E-state index contributed by atoms with van der Waals surface area (Å²) in [7, 11) is 1.24. The zero-order chi connectivity index (χ0) is 31.1. The maximum absolute atomic E-state index is 12.5. The van der Waals surface area contributed by atoms with Gasteiger partial charge in [0, 0.05) is 6.54 Å². The maximum Gasteiger partial charge on any atom is 0.514 e. The van der Waals surface area contributed by atoms with E-state index in [1.807, 2.05) is 27.7 Å². The molecule has 12 nitrogen and oxygen atoms in total. The standard InChI is InChI=1S/C30H39NO11/c1-19(2)17-37-28(33)41-25-13-12-22(15-26(25)42-29(34)38-18-20(3)4)14-24(27(32)36-6)31-16-21(5)39-30(35)40-23-10-8-7-9-11-23/h7-13,15,19-21,24,31H,14,16-18H2,1-6H3/t21?,24-/m0/s1. The van der Waals surface area contributed by atoms with Crippen LogP contribution in [0.2, 0.25) is 0 Å². The molecule has 0 aromatic heterocycles. The van der Waals surface area contributed by atoms with Gasteiger partial charge >= 0.3 is 24.4 Å². The van der Waals surface area contributed by atoms with Gasteiger partial charge in [0.15, 0.2) is 11.5 Å². The number of rotatable bonds is 14. The number of benzene rings is 2. The molecule has 0 aliphatic heterocycles. The van der Waals surface area contributed by atoms with Crippen LogP contribution in [-0.2, 0) is 30.2 Å². The summed E-state index contributed by atoms with van der Waals surface area (Å²) in [5, 5.41) is 3.01. The number of carbonyl (C=O) groups is 4. The van der Waals surface area contributed by atoms with E-state index in [4.69, 9.17) is 33.2 Å². The lowest BCUT2D eigenvalue weighted by atomic mass is 10.0. The summed E-state index contributed by atoms with van der Waals surface area (Å²) in [6.07, 6.45) is -3.42. The van der Waals surface area contributed by atoms with Gasteiger partial charge in [-0.15, -0.1) is 0 Å². The molecule has 2 atom stereocenters. The minimum atomic E-state index is -0.989. The van der Waals surface area contributed by atoms with Crippen molar-refractivity contribution in [2.75, 3.05) is 26.9 Å². The number of esters is 1. The zero-order valence-corrected chi connectivity index (χ0v) is 24.7. The third kappa shape index (κ3) is 12.9. The average Bonchev–Trinajstić information content (AvgIpc) is 2.94. The third-order valence-electron chi connectivity index (χ3n) is 5.28. The molecule has 0 amide bonds. The normalized spacial score (nSPS) is 12.2. The van der Waals surface area contributed by atoms with Crippen molar-refractivity contribution in [3.05, 3.63) is 54.1 Å². The molecule has 0 spiro atoms. The number of nitrogens with one attached hydrogen (secondary N) is 1. The Hall–Kier alpha value is -4.32. The van der Waals surface area contributed by atoms with E-state index in [1.54, 1.807) is 43.3 Å². The summed E-state index contributed by atoms with van der Waals surface area (Å²) in [6.45, 7) is 9.47. The van der Waals surface area contributed by atoms with Crippen LogP contribution < -0.4 is 19.5 Å². The number of para-hydroxylation sites is 1. The largest absolute Gasteiger partial charge is 0.514 e. The van der Waals surface area contributed by atoms with E-state index in [1.165, 1.54) is 19.2 Å². The number of methoxy groups -OCH3 is 1. The molecule has 0 saturated heterocycles. The average molecular weight is 590 g/mol. The van der Waals surface area contributed by atoms with Crippen molar-refractivity contribution in [1.82, 2.24) is 5.32 Å². The minimum absolute atomic E-state index is 0.0732. The van der Waals surface area contributed by atoms with Gasteiger partial charge in [0.05, 0.1) is 20.3 Å². The highest BCUT2D eigenvalue weighted by Gasteiger charge is 2.24. The van der Waals surface area contributed by atoms with E-state index < -0.39 is 36.6 Å². The van der Waals surface area contributed by atoms with E-state index in [0.29, 0.717) is 11.3 Å². The van der Waals surface area contributed by atoms with E-state index in [9.17, 15) is 19.2 Å². The van der Waals surface area contributed by atoms with Crippen LogP contribution in [0, 0.1) is 11.8 Å². The lowest BCUT2D eigenvalue weighted by molar-refractivity contribution is -0.143. The monoisotopic (exact) mass is 589 g/mol. The van der Waals surface area contributed by atoms with Gasteiger partial charge < -0.3 is 38.5 Å². The second kappa shape index (κ2) is 17.5. The van der Waals surface area contributed by atoms with E-state index in [2.05, 4.69) is 5.32 Å². The number of hydrogen-bond acceptors (Lipinski definition) is 12. The second-order valence-corrected chi connectivity index (χ2v) is 10.2. The Kier molecular flexibility index (Phi) is 14.1. The third-order valence-corrected chi connectivity index (χ3v) is 5.28. The van der Waals surface area contributed by atoms with E-state index in [-0.39, 0.29) is 49.5 Å². The fourth-order valence-electron chi connectivity index (χ4n) is 3.29. The van der Waals surface area contributed by atoms with Crippen LogP contribution in [0.15, 0.2) is 48.5 Å². The fraction of sp³-hybridized carbons (Fsp3) is 0.467. The van der Waals surface area contributed by atoms with Gasteiger partial charge in [-0.3, -0.25) is 4.79 Å². The summed E-state index contributed by atoms with van der Waals surface area (Å²) >= 11 is 0. The van der Waals surface area contributed by atoms with Crippen LogP contribution in [0.3, 0.4) is 0 Å². The van der Waals surface area contributed by atoms with Crippen molar-refractivity contribution in [3.8, 4) is 17.2 Å². The summed E-state index contributed by atoms with van der Waals surface area (Å²) < 4.78 is 36.0. The molecular formula is C30H39NO11. The number of carbonyl (C=O) groups excluding carboxylic acids is 4. The topological polar surface area (TPSA) is 145 Å². The lowest BCUT2D eigenvalue weighted by Gasteiger charge is -2.20. The smallest absolute Gasteiger partial charge is 0.468 e. The molecule has 0 aliphatic carbocycles. The van der Waals surface area contributed by atoms with E-state index in [0.717, 1.165) is 0 Å². The van der Waals surface area contributed by atoms with Gasteiger partial charge in [0.25, 0.3) is 0 Å². The molecule has 0 bridgehead atoms. The van der Waals surface area contributed by atoms with Gasteiger partial charge in [-0.1, -0.05) is 52.0 Å². The molecule has 0 aliphatic rings. The fourth-order valence-corrected chi connectivity index (χ4v) is 3.29. The quantitative estimate of drug-likeness (QED) is 0.173. The van der Waals surface area contributed by atoms with Crippen LogP contribution in [0.5, 0.6) is 17.2 Å². The first-order valence-electron chi connectivity index (χ1n) is 13.5. The number of ether oxygens (including phenoxy) is 7. The Morgan fingerprint density at radius 3 is 1.90 bits per heavy atom. The lowest BCUT2D eigenvalue weighted by Crippen LogP contribution is -2.43. The van der Waals surface area contributed by atoms with Crippen LogP contribution in [0.4, 0.5) is 14.4 Å². The summed E-state index contributed by atoms with van der Waals surface area (Å²) in [6, 6.07) is 12.0. The first-order valence-corrected chi connectivity index (χ1v) is 13.5. The van der Waals surface area contributed by atoms with E-state index >= 15 is 0 Å². The van der Waals surface area contributed by atoms with Crippen LogP contribution in [0.1, 0.15) is 40.2 Å². The number of hydrogen-bond donors (Lipinski definition) is 1. The Labute approximate surface area is 245 Å². The summed E-state index contributed by atoms with van der Waals surface area (Å²) in [5.74, 6) is -0.259. The van der Waals surface area contributed by atoms with Gasteiger partial charge in [-0.25, -0.2) is 14.4 Å². The predicted octanol–water partition coefficient (Wildman–Crippen LogP) is 5.31. The van der Waals surface area contributed by atoms with Gasteiger partial charge in [0.2, 0.25) is 0 Å². The SMILES string of the molecule is COC(=O)[C@H](Cc1ccc(OC(=O)OCC(C)C)c(OC(=O)OCC(C)C)c1)NCC(C)OC(=O)Oc1ccccc1. The van der Waals surface area contributed by atoms with Crippen molar-refractivity contribution in [1.29, 1.82) is 0 Å². The Morgan fingerprint density at radius 1 is 0.738 bits per heavy atom. The molecule has 0 radical (unpaired) electrons. The highest BCUT2D eigenvalue weighted by molar-refractivity contribution is 5.76. The van der Waals surface area contributed by atoms with Crippen molar-refractivity contribution in [2.24, 2.45) is 11.8 Å². The highest BCUT2D eigenvalue weighted by Crippen LogP contribution is 2.30. The molecule has 2 rings (SSSR count). The first kappa shape index (κ1) is 33.9.